The van der Waals surface area contributed by atoms with Crippen molar-refractivity contribution in [2.45, 2.75) is 59.3 Å². The third kappa shape index (κ3) is 2.88. The summed E-state index contributed by atoms with van der Waals surface area (Å²) >= 11 is 0. The Hall–Kier alpha value is -1.77. The number of phenols is 1. The molecule has 2 aliphatic carbocycles. The predicted octanol–water partition coefficient (Wildman–Crippen LogP) is 5.43. The van der Waals surface area contributed by atoms with Gasteiger partial charge in [0, 0.05) is 0 Å². The van der Waals surface area contributed by atoms with E-state index < -0.39 is 5.97 Å². The Kier molecular flexibility index (Phi) is 4.47. The van der Waals surface area contributed by atoms with Crippen molar-refractivity contribution in [3.05, 3.63) is 41.5 Å². The minimum absolute atomic E-state index is 0.0327. The van der Waals surface area contributed by atoms with Gasteiger partial charge in [-0.15, -0.1) is 0 Å². The predicted molar refractivity (Wildman–Crippen MR) is 99.9 cm³/mol. The van der Waals surface area contributed by atoms with Crippen LogP contribution in [-0.4, -0.2) is 16.2 Å². The third-order valence-electron chi connectivity index (χ3n) is 7.46. The number of phenolic OH excluding ortho intramolecular Hbond substituents is 1. The molecule has 3 heteroatoms. The van der Waals surface area contributed by atoms with E-state index >= 15 is 0 Å². The van der Waals surface area contributed by atoms with Crippen molar-refractivity contribution in [2.75, 3.05) is 0 Å². The summed E-state index contributed by atoms with van der Waals surface area (Å²) in [6, 6.07) is 4.65. The van der Waals surface area contributed by atoms with Crippen LogP contribution in [0, 0.1) is 22.7 Å². The van der Waals surface area contributed by atoms with Crippen LogP contribution in [0.5, 0.6) is 5.75 Å². The normalized spacial score (nSPS) is 35.2. The molecule has 136 valence electrons. The molecule has 25 heavy (non-hydrogen) atoms. The van der Waals surface area contributed by atoms with Crippen LogP contribution in [0.1, 0.15) is 68.8 Å². The van der Waals surface area contributed by atoms with Crippen LogP contribution in [0.4, 0.5) is 0 Å². The Morgan fingerprint density at radius 3 is 2.72 bits per heavy atom. The molecule has 4 atom stereocenters. The molecule has 0 spiro atoms. The first kappa shape index (κ1) is 18.0. The average Bonchev–Trinajstić information content (AvgIpc) is 2.56. The number of aromatic hydroxyl groups is 1. The highest BCUT2D eigenvalue weighted by Crippen LogP contribution is 2.62. The van der Waals surface area contributed by atoms with Gasteiger partial charge in [0.25, 0.3) is 0 Å². The quantitative estimate of drug-likeness (QED) is 0.720. The number of carbonyl (C=O) groups is 1. The van der Waals surface area contributed by atoms with Gasteiger partial charge in [-0.1, -0.05) is 32.9 Å². The number of carboxylic acid groups (broad SMARTS) is 1. The van der Waals surface area contributed by atoms with E-state index in [1.807, 2.05) is 0 Å². The van der Waals surface area contributed by atoms with Gasteiger partial charge in [-0.25, -0.2) is 4.79 Å². The number of hydrogen-bond donors (Lipinski definition) is 2. The average molecular weight is 342 g/mol. The Labute approximate surface area is 150 Å². The first-order chi connectivity index (χ1) is 11.7. The fraction of sp³-hybridized carbons (Fsp3) is 0.591. The summed E-state index contributed by atoms with van der Waals surface area (Å²) in [5.41, 5.74) is 2.58. The van der Waals surface area contributed by atoms with Crippen LogP contribution in [0.3, 0.4) is 0 Å². The highest BCUT2D eigenvalue weighted by molar-refractivity contribution is 5.88. The van der Waals surface area contributed by atoms with Gasteiger partial charge >= 0.3 is 5.97 Å². The molecule has 0 saturated heterocycles. The van der Waals surface area contributed by atoms with Crippen molar-refractivity contribution in [2.24, 2.45) is 22.7 Å². The van der Waals surface area contributed by atoms with E-state index in [-0.39, 0.29) is 22.1 Å². The number of hydrogen-bond acceptors (Lipinski definition) is 2. The van der Waals surface area contributed by atoms with Crippen LogP contribution in [0.2, 0.25) is 0 Å². The topological polar surface area (TPSA) is 57.5 Å². The molecule has 1 aromatic rings. The molecular formula is C22H30O3. The van der Waals surface area contributed by atoms with Crippen molar-refractivity contribution in [1.82, 2.24) is 0 Å². The monoisotopic (exact) mass is 342 g/mol. The van der Waals surface area contributed by atoms with Crippen molar-refractivity contribution < 1.29 is 15.0 Å². The number of carboxylic acids is 1. The molecule has 0 bridgehead atoms. The van der Waals surface area contributed by atoms with Crippen LogP contribution in [-0.2, 0) is 6.42 Å². The zero-order chi connectivity index (χ0) is 18.4. The molecule has 1 aromatic carbocycles. The van der Waals surface area contributed by atoms with Crippen LogP contribution in [0.15, 0.2) is 30.4 Å². The second kappa shape index (κ2) is 6.19. The van der Waals surface area contributed by atoms with Crippen molar-refractivity contribution >= 4 is 5.97 Å². The number of fused-ring (bicyclic) bond motifs is 1. The van der Waals surface area contributed by atoms with Crippen molar-refractivity contribution in [3.8, 4) is 5.75 Å². The Morgan fingerprint density at radius 1 is 1.32 bits per heavy atom. The highest BCUT2D eigenvalue weighted by atomic mass is 16.4. The lowest BCUT2D eigenvalue weighted by atomic mass is 9.46. The third-order valence-corrected chi connectivity index (χ3v) is 7.46. The van der Waals surface area contributed by atoms with Gasteiger partial charge in [-0.05, 0) is 85.0 Å². The van der Waals surface area contributed by atoms with Crippen LogP contribution < -0.4 is 0 Å². The number of benzene rings is 1. The maximum absolute atomic E-state index is 11.3. The number of aromatic carboxylic acids is 1. The Morgan fingerprint density at radius 2 is 2.04 bits per heavy atom. The summed E-state index contributed by atoms with van der Waals surface area (Å²) in [4.78, 5) is 11.3. The zero-order valence-electron chi connectivity index (χ0n) is 15.6. The maximum atomic E-state index is 11.3. The summed E-state index contributed by atoms with van der Waals surface area (Å²) in [5, 5.41) is 19.6. The second-order valence-electron chi connectivity index (χ2n) is 8.74. The van der Waals surface area contributed by atoms with Gasteiger partial charge in [0.1, 0.15) is 5.75 Å². The first-order valence-corrected chi connectivity index (χ1v) is 9.42. The van der Waals surface area contributed by atoms with E-state index in [2.05, 4.69) is 27.4 Å². The standard InChI is InChI=1S/C22H30O3/c1-14-6-5-7-19-21(14,3)11-10-15(2)22(19,4)13-17-12-16(20(24)25)8-9-18(17)23/h8-9,12,15,19,23H,1,5-7,10-11,13H2,2-4H3,(H,24,25)/t15-,19+,21+,22+/m0/s1. The molecule has 0 amide bonds. The number of rotatable bonds is 3. The highest BCUT2D eigenvalue weighted by Gasteiger charge is 2.53. The number of allylic oxidation sites excluding steroid dienone is 1. The minimum atomic E-state index is -0.945. The summed E-state index contributed by atoms with van der Waals surface area (Å²) in [6.07, 6.45) is 6.56. The van der Waals surface area contributed by atoms with Crippen molar-refractivity contribution in [3.63, 3.8) is 0 Å². The molecule has 2 aliphatic rings. The molecule has 0 heterocycles. The molecular weight excluding hydrogens is 312 g/mol. The first-order valence-electron chi connectivity index (χ1n) is 9.42. The lowest BCUT2D eigenvalue weighted by Crippen LogP contribution is -2.51. The smallest absolute Gasteiger partial charge is 0.335 e. The van der Waals surface area contributed by atoms with Crippen LogP contribution >= 0.6 is 0 Å². The van der Waals surface area contributed by atoms with Crippen LogP contribution in [0.25, 0.3) is 0 Å². The minimum Gasteiger partial charge on any atom is -0.508 e. The molecule has 2 fully saturated rings. The Balaban J connectivity index is 2.00. The van der Waals surface area contributed by atoms with Gasteiger partial charge in [0.05, 0.1) is 5.56 Å². The second-order valence-corrected chi connectivity index (χ2v) is 8.74. The van der Waals surface area contributed by atoms with E-state index in [0.29, 0.717) is 18.3 Å². The van der Waals surface area contributed by atoms with E-state index in [0.717, 1.165) is 18.4 Å². The molecule has 0 aliphatic heterocycles. The SMILES string of the molecule is C=C1CCC[C@H]2[C@](C)(Cc3cc(C(=O)O)ccc3O)[C@@H](C)CC[C@]12C. The lowest BCUT2D eigenvalue weighted by Gasteiger charge is -2.59. The molecule has 2 saturated carbocycles. The van der Waals surface area contributed by atoms with Gasteiger partial charge in [-0.2, -0.15) is 0 Å². The molecule has 2 N–H and O–H groups in total. The molecule has 0 aromatic heterocycles. The van der Waals surface area contributed by atoms with Gasteiger partial charge in [0.2, 0.25) is 0 Å². The van der Waals surface area contributed by atoms with Crippen molar-refractivity contribution in [1.29, 1.82) is 0 Å². The fourth-order valence-electron chi connectivity index (χ4n) is 5.54. The zero-order valence-corrected chi connectivity index (χ0v) is 15.6. The van der Waals surface area contributed by atoms with E-state index in [9.17, 15) is 15.0 Å². The van der Waals surface area contributed by atoms with E-state index in [1.165, 1.54) is 37.0 Å². The molecule has 3 rings (SSSR count). The summed E-state index contributed by atoms with van der Waals surface area (Å²) < 4.78 is 0. The molecule has 0 unspecified atom stereocenters. The molecule has 0 radical (unpaired) electrons. The molecule has 3 nitrogen and oxygen atoms in total. The van der Waals surface area contributed by atoms with Gasteiger partial charge in [0.15, 0.2) is 0 Å². The Bertz CT molecular complexity index is 707. The fourth-order valence-corrected chi connectivity index (χ4v) is 5.54. The summed E-state index contributed by atoms with van der Waals surface area (Å²) in [6.45, 7) is 11.4. The summed E-state index contributed by atoms with van der Waals surface area (Å²) in [7, 11) is 0. The van der Waals surface area contributed by atoms with E-state index in [1.54, 1.807) is 6.07 Å². The lowest BCUT2D eigenvalue weighted by molar-refractivity contribution is -0.0491. The van der Waals surface area contributed by atoms with Gasteiger partial charge < -0.3 is 10.2 Å². The summed E-state index contributed by atoms with van der Waals surface area (Å²) in [5.74, 6) is 0.321. The largest absolute Gasteiger partial charge is 0.508 e. The van der Waals surface area contributed by atoms with E-state index in [4.69, 9.17) is 0 Å². The maximum Gasteiger partial charge on any atom is 0.335 e. The van der Waals surface area contributed by atoms with Gasteiger partial charge in [-0.3, -0.25) is 0 Å².